The standard InChI is InChI=1S/C30H45FN2O5SSeSi2/c1-18(2)41(19(3)4)36-24-15-12-16-30(24)26(37-42(38-41,20(5)6)21(7)8)25(40-22-13-10-9-11-14-22)28(39-30)33-17-23(31)27(34)32-29(33)35/h9-11,13-14,17-21,24-26,28H,12,15-16H2,1-8H3,(H,32,34,35)/t24-,25-,26+,28-,30+/m1/s1. The Kier molecular flexibility index (Phi) is 9.32. The van der Waals surface area contributed by atoms with Crippen molar-refractivity contribution in [3.05, 3.63) is 63.2 Å². The summed E-state index contributed by atoms with van der Waals surface area (Å²) in [7, 11) is -5.74. The average molecular weight is 700 g/mol. The molecule has 0 radical (unpaired) electrons. The van der Waals surface area contributed by atoms with Gasteiger partial charge in [-0.15, -0.1) is 0 Å². The average Bonchev–Trinajstić information content (AvgIpc) is 3.44. The van der Waals surface area contributed by atoms with Gasteiger partial charge in [0.05, 0.1) is 0 Å². The van der Waals surface area contributed by atoms with Crippen LogP contribution >= 0.6 is 11.8 Å². The Morgan fingerprint density at radius 2 is 1.57 bits per heavy atom. The van der Waals surface area contributed by atoms with Gasteiger partial charge in [0.15, 0.2) is 0 Å². The molecule has 5 atom stereocenters. The van der Waals surface area contributed by atoms with Crippen molar-refractivity contribution >= 4 is 48.3 Å². The monoisotopic (exact) mass is 700 g/mol. The van der Waals surface area contributed by atoms with Gasteiger partial charge >= 0.3 is 262 Å². The first-order chi connectivity index (χ1) is 19.8. The van der Waals surface area contributed by atoms with Crippen molar-refractivity contribution in [1.29, 1.82) is 0 Å². The van der Waals surface area contributed by atoms with E-state index >= 15 is 0 Å². The fourth-order valence-corrected chi connectivity index (χ4v) is 24.5. The zero-order chi connectivity index (χ0) is 30.6. The van der Waals surface area contributed by atoms with Crippen LogP contribution in [0, 0.1) is 5.82 Å². The number of aromatic amines is 1. The van der Waals surface area contributed by atoms with Crippen molar-refractivity contribution in [2.45, 2.75) is 124 Å². The van der Waals surface area contributed by atoms with Crippen LogP contribution < -0.4 is 15.7 Å². The molecule has 12 heteroatoms. The summed E-state index contributed by atoms with van der Waals surface area (Å²) < 4.78 is 39.7. The number of hydrogen-bond donors (Lipinski definition) is 1. The number of aromatic nitrogens is 2. The second-order valence-electron chi connectivity index (χ2n) is 13.2. The number of hydrogen-bond acceptors (Lipinski definition) is 6. The first kappa shape index (κ1) is 32.4. The Hall–Kier alpha value is -0.987. The first-order valence-electron chi connectivity index (χ1n) is 15.2. The molecular formula is C30H45FN2O5SSeSi2. The molecular weight excluding hydrogens is 655 g/mol. The molecule has 0 amide bonds. The van der Waals surface area contributed by atoms with Crippen LogP contribution in [0.4, 0.5) is 4.39 Å². The van der Waals surface area contributed by atoms with E-state index in [9.17, 15) is 14.0 Å². The maximum absolute atomic E-state index is 14.8. The number of H-pyrrole nitrogens is 1. The summed E-state index contributed by atoms with van der Waals surface area (Å²) >= 11 is 1.60. The molecule has 42 heavy (non-hydrogen) atoms. The second kappa shape index (κ2) is 12.1. The van der Waals surface area contributed by atoms with Gasteiger partial charge < -0.3 is 0 Å². The number of thioether (sulfide) groups is 1. The number of halogens is 1. The molecule has 1 aliphatic carbocycles. The van der Waals surface area contributed by atoms with Crippen molar-refractivity contribution < 1.29 is 17.4 Å². The third-order valence-electron chi connectivity index (χ3n) is 9.37. The summed E-state index contributed by atoms with van der Waals surface area (Å²) in [5.41, 5.74) is -0.792. The van der Waals surface area contributed by atoms with E-state index in [1.54, 1.807) is 11.8 Å². The summed E-state index contributed by atoms with van der Waals surface area (Å²) in [5.74, 6) is -0.953. The van der Waals surface area contributed by atoms with E-state index in [0.717, 1.165) is 25.5 Å². The molecule has 3 aliphatic rings. The van der Waals surface area contributed by atoms with Crippen LogP contribution in [0.25, 0.3) is 0 Å². The van der Waals surface area contributed by atoms with Gasteiger partial charge in [-0.1, -0.05) is 0 Å². The molecule has 0 unspecified atom stereocenters. The predicted molar refractivity (Wildman–Crippen MR) is 173 cm³/mol. The third kappa shape index (κ3) is 5.31. The predicted octanol–water partition coefficient (Wildman–Crippen LogP) is 5.99. The van der Waals surface area contributed by atoms with Crippen LogP contribution in [0.3, 0.4) is 0 Å². The topological polar surface area (TPSA) is 82.6 Å². The summed E-state index contributed by atoms with van der Waals surface area (Å²) in [5, 5.41) is -0.420. The van der Waals surface area contributed by atoms with Crippen LogP contribution in [0.1, 0.15) is 80.0 Å². The fourth-order valence-electron chi connectivity index (χ4n) is 7.25. The number of benzene rings is 1. The molecule has 1 aromatic heterocycles. The number of nitrogens with one attached hydrogen (secondary N) is 1. The van der Waals surface area contributed by atoms with Gasteiger partial charge in [0, 0.05) is 0 Å². The molecule has 7 nitrogen and oxygen atoms in total. The van der Waals surface area contributed by atoms with E-state index in [1.807, 2.05) is 18.2 Å². The molecule has 2 aromatic rings. The third-order valence-corrected chi connectivity index (χ3v) is 24.7. The molecule has 3 heterocycles. The summed E-state index contributed by atoms with van der Waals surface area (Å²) in [6.07, 6.45) is 3.54. The van der Waals surface area contributed by atoms with Crippen LogP contribution in [-0.2, 0) is 13.0 Å². The Balaban J connectivity index is 1.75. The molecule has 1 spiro atoms. The molecule has 1 aromatic carbocycles. The molecule has 1 N–H and O–H groups in total. The van der Waals surface area contributed by atoms with Crippen LogP contribution in [0.15, 0.2) is 46.1 Å². The Labute approximate surface area is 261 Å². The number of nitrogens with zero attached hydrogens (tertiary/aromatic N) is 1. The SMILES string of the molecule is CC(C)[Si]1(C(C)C)O[C@@H]2CCC[C@]23S[C@@H](n2cc(F)c(=O)[nH]c2=O)[C@H]([Se]c2ccccc2)[C@@H]3O[Si](C(C)C)(C(C)C)O1. The Morgan fingerprint density at radius 1 is 0.976 bits per heavy atom. The Bertz CT molecular complexity index is 1370. The molecule has 0 bridgehead atoms. The van der Waals surface area contributed by atoms with E-state index in [-0.39, 0.29) is 54.1 Å². The van der Waals surface area contributed by atoms with E-state index in [0.29, 0.717) is 0 Å². The van der Waals surface area contributed by atoms with Crippen molar-refractivity contribution in [3.63, 3.8) is 0 Å². The molecule has 5 rings (SSSR count). The maximum atomic E-state index is 14.8. The van der Waals surface area contributed by atoms with E-state index in [1.165, 1.54) is 9.03 Å². The zero-order valence-electron chi connectivity index (χ0n) is 25.9. The minimum atomic E-state index is -2.94. The van der Waals surface area contributed by atoms with Crippen molar-refractivity contribution in [2.75, 3.05) is 0 Å². The van der Waals surface area contributed by atoms with Gasteiger partial charge in [-0.25, -0.2) is 0 Å². The van der Waals surface area contributed by atoms with Crippen molar-refractivity contribution in [3.8, 4) is 0 Å². The van der Waals surface area contributed by atoms with Crippen LogP contribution in [0.5, 0.6) is 0 Å². The normalized spacial score (nSPS) is 30.5. The molecule has 2 aliphatic heterocycles. The number of rotatable bonds is 7. The molecule has 1 saturated carbocycles. The van der Waals surface area contributed by atoms with Crippen LogP contribution in [-0.4, -0.2) is 58.6 Å². The zero-order valence-corrected chi connectivity index (χ0v) is 30.4. The van der Waals surface area contributed by atoms with Gasteiger partial charge in [-0.2, -0.15) is 0 Å². The summed E-state index contributed by atoms with van der Waals surface area (Å²) in [6.45, 7) is 17.9. The van der Waals surface area contributed by atoms with E-state index in [2.05, 4.69) is 72.5 Å². The fraction of sp³-hybridized carbons (Fsp3) is 0.667. The first-order valence-corrected chi connectivity index (χ1v) is 21.9. The summed E-state index contributed by atoms with van der Waals surface area (Å²) in [6, 6.07) is 10.3. The quantitative estimate of drug-likeness (QED) is 0.358. The van der Waals surface area contributed by atoms with Crippen LogP contribution in [0.2, 0.25) is 27.0 Å². The van der Waals surface area contributed by atoms with Gasteiger partial charge in [0.2, 0.25) is 0 Å². The molecule has 2 saturated heterocycles. The van der Waals surface area contributed by atoms with Crippen molar-refractivity contribution in [2.24, 2.45) is 0 Å². The molecule has 3 fully saturated rings. The minimum absolute atomic E-state index is 0.0994. The Morgan fingerprint density at radius 3 is 2.17 bits per heavy atom. The van der Waals surface area contributed by atoms with Gasteiger partial charge in [-0.3, -0.25) is 0 Å². The van der Waals surface area contributed by atoms with E-state index in [4.69, 9.17) is 13.0 Å². The second-order valence-corrected chi connectivity index (χ2v) is 26.1. The molecule has 232 valence electrons. The van der Waals surface area contributed by atoms with Gasteiger partial charge in [-0.05, 0) is 0 Å². The van der Waals surface area contributed by atoms with Gasteiger partial charge in [0.25, 0.3) is 0 Å². The van der Waals surface area contributed by atoms with E-state index < -0.39 is 44.3 Å². The van der Waals surface area contributed by atoms with Gasteiger partial charge in [0.1, 0.15) is 0 Å². The van der Waals surface area contributed by atoms with Crippen molar-refractivity contribution in [1.82, 2.24) is 9.55 Å². The summed E-state index contributed by atoms with van der Waals surface area (Å²) in [4.78, 5) is 27.4.